The second-order valence-electron chi connectivity index (χ2n) is 4.69. The summed E-state index contributed by atoms with van der Waals surface area (Å²) in [5.74, 6) is 0. The number of rotatable bonds is 2. The van der Waals surface area contributed by atoms with E-state index < -0.39 is 0 Å². The molecule has 3 rings (SSSR count). The summed E-state index contributed by atoms with van der Waals surface area (Å²) in [6, 6.07) is 10.3. The van der Waals surface area contributed by atoms with E-state index in [0.717, 1.165) is 5.56 Å². The number of benzene rings is 2. The average molecular weight is 320 g/mol. The van der Waals surface area contributed by atoms with Crippen molar-refractivity contribution in [2.45, 2.75) is 6.54 Å². The lowest BCUT2D eigenvalue weighted by Gasteiger charge is -2.09. The minimum atomic E-state index is -0.154. The van der Waals surface area contributed by atoms with Crippen molar-refractivity contribution in [3.05, 3.63) is 68.7 Å². The Hall–Kier alpha value is -2.04. The minimum Gasteiger partial charge on any atom is -0.399 e. The maximum absolute atomic E-state index is 12.5. The number of nitrogen functional groups attached to an aromatic ring is 1. The van der Waals surface area contributed by atoms with Gasteiger partial charge >= 0.3 is 0 Å². The second-order valence-corrected chi connectivity index (χ2v) is 5.53. The molecule has 0 saturated carbocycles. The SMILES string of the molecule is Nc1ccc2ncn(Cc3ccc(Cl)cc3Cl)c(=O)c2c1. The first kappa shape index (κ1) is 13.9. The number of nitrogens with two attached hydrogens (primary N) is 1. The van der Waals surface area contributed by atoms with E-state index in [1.807, 2.05) is 0 Å². The first-order chi connectivity index (χ1) is 10.0. The van der Waals surface area contributed by atoms with Crippen LogP contribution >= 0.6 is 23.2 Å². The standard InChI is InChI=1S/C15H11Cl2N3O/c16-10-2-1-9(13(17)5-10)7-20-8-19-14-4-3-11(18)6-12(14)15(20)21/h1-6,8H,7,18H2. The summed E-state index contributed by atoms with van der Waals surface area (Å²) >= 11 is 12.0. The fraction of sp³-hybridized carbons (Fsp3) is 0.0667. The Kier molecular flexibility index (Phi) is 3.57. The van der Waals surface area contributed by atoms with E-state index in [1.165, 1.54) is 10.9 Å². The number of nitrogens with zero attached hydrogens (tertiary/aromatic N) is 2. The fourth-order valence-electron chi connectivity index (χ4n) is 2.12. The van der Waals surface area contributed by atoms with Crippen LogP contribution < -0.4 is 11.3 Å². The molecule has 21 heavy (non-hydrogen) atoms. The van der Waals surface area contributed by atoms with E-state index in [4.69, 9.17) is 28.9 Å². The van der Waals surface area contributed by atoms with Gasteiger partial charge in [0.1, 0.15) is 0 Å². The molecule has 0 bridgehead atoms. The van der Waals surface area contributed by atoms with Gasteiger partial charge in [0, 0.05) is 15.7 Å². The normalized spacial score (nSPS) is 11.0. The lowest BCUT2D eigenvalue weighted by Crippen LogP contribution is -2.21. The van der Waals surface area contributed by atoms with Gasteiger partial charge in [0.25, 0.3) is 5.56 Å². The lowest BCUT2D eigenvalue weighted by atomic mass is 10.2. The van der Waals surface area contributed by atoms with Gasteiger partial charge < -0.3 is 5.73 Å². The monoisotopic (exact) mass is 319 g/mol. The Morgan fingerprint density at radius 3 is 2.71 bits per heavy atom. The van der Waals surface area contributed by atoms with Crippen molar-refractivity contribution in [3.63, 3.8) is 0 Å². The van der Waals surface area contributed by atoms with Gasteiger partial charge in [-0.2, -0.15) is 0 Å². The average Bonchev–Trinajstić information content (AvgIpc) is 2.45. The Balaban J connectivity index is 2.09. The zero-order chi connectivity index (χ0) is 15.0. The molecule has 0 atom stereocenters. The number of hydrogen-bond donors (Lipinski definition) is 1. The summed E-state index contributed by atoms with van der Waals surface area (Å²) in [7, 11) is 0. The highest BCUT2D eigenvalue weighted by molar-refractivity contribution is 6.35. The largest absolute Gasteiger partial charge is 0.399 e. The maximum Gasteiger partial charge on any atom is 0.261 e. The molecule has 0 aliphatic carbocycles. The summed E-state index contributed by atoms with van der Waals surface area (Å²) in [4.78, 5) is 16.7. The highest BCUT2D eigenvalue weighted by Gasteiger charge is 2.07. The topological polar surface area (TPSA) is 60.9 Å². The molecule has 2 N–H and O–H groups in total. The van der Waals surface area contributed by atoms with Crippen LogP contribution in [0.2, 0.25) is 10.0 Å². The van der Waals surface area contributed by atoms with Crippen LogP contribution in [0.1, 0.15) is 5.56 Å². The molecule has 0 aliphatic rings. The molecular formula is C15H11Cl2N3O. The Morgan fingerprint density at radius 2 is 1.95 bits per heavy atom. The summed E-state index contributed by atoms with van der Waals surface area (Å²) in [5.41, 5.74) is 7.52. The summed E-state index contributed by atoms with van der Waals surface area (Å²) in [5, 5.41) is 1.56. The number of fused-ring (bicyclic) bond motifs is 1. The molecule has 0 fully saturated rings. The minimum absolute atomic E-state index is 0.154. The summed E-state index contributed by atoms with van der Waals surface area (Å²) in [6.07, 6.45) is 1.51. The van der Waals surface area contributed by atoms with E-state index in [9.17, 15) is 4.79 Å². The third-order valence-corrected chi connectivity index (χ3v) is 3.79. The lowest BCUT2D eigenvalue weighted by molar-refractivity contribution is 0.748. The zero-order valence-electron chi connectivity index (χ0n) is 10.9. The molecule has 0 aliphatic heterocycles. The third kappa shape index (κ3) is 2.73. The van der Waals surface area contributed by atoms with Gasteiger partial charge in [-0.1, -0.05) is 29.3 Å². The van der Waals surface area contributed by atoms with Gasteiger partial charge in [-0.15, -0.1) is 0 Å². The van der Waals surface area contributed by atoms with Crippen molar-refractivity contribution in [3.8, 4) is 0 Å². The van der Waals surface area contributed by atoms with Crippen LogP contribution in [-0.4, -0.2) is 9.55 Å². The van der Waals surface area contributed by atoms with E-state index in [-0.39, 0.29) is 5.56 Å². The van der Waals surface area contributed by atoms with E-state index in [0.29, 0.717) is 33.2 Å². The molecule has 0 spiro atoms. The van der Waals surface area contributed by atoms with Crippen LogP contribution in [-0.2, 0) is 6.54 Å². The second kappa shape index (κ2) is 5.39. The van der Waals surface area contributed by atoms with Gasteiger partial charge in [0.05, 0.1) is 23.8 Å². The van der Waals surface area contributed by atoms with Crippen LogP contribution in [0.5, 0.6) is 0 Å². The van der Waals surface area contributed by atoms with Crippen LogP contribution in [0.25, 0.3) is 10.9 Å². The van der Waals surface area contributed by atoms with Crippen molar-refractivity contribution in [1.29, 1.82) is 0 Å². The van der Waals surface area contributed by atoms with E-state index >= 15 is 0 Å². The van der Waals surface area contributed by atoms with Gasteiger partial charge in [-0.3, -0.25) is 9.36 Å². The molecule has 4 nitrogen and oxygen atoms in total. The molecule has 106 valence electrons. The quantitative estimate of drug-likeness (QED) is 0.737. The van der Waals surface area contributed by atoms with Gasteiger partial charge in [0.2, 0.25) is 0 Å². The molecule has 1 heterocycles. The van der Waals surface area contributed by atoms with Crippen LogP contribution in [0, 0.1) is 0 Å². The Bertz CT molecular complexity index is 890. The first-order valence-corrected chi connectivity index (χ1v) is 6.99. The van der Waals surface area contributed by atoms with Crippen LogP contribution in [0.15, 0.2) is 47.5 Å². The van der Waals surface area contributed by atoms with Crippen LogP contribution in [0.4, 0.5) is 5.69 Å². The molecule has 6 heteroatoms. The van der Waals surface area contributed by atoms with Crippen molar-refractivity contribution in [2.75, 3.05) is 5.73 Å². The Morgan fingerprint density at radius 1 is 1.14 bits per heavy atom. The molecule has 0 unspecified atom stereocenters. The molecule has 0 radical (unpaired) electrons. The third-order valence-electron chi connectivity index (χ3n) is 3.20. The molecule has 0 saturated heterocycles. The molecule has 2 aromatic carbocycles. The predicted octanol–water partition coefficient (Wildman–Crippen LogP) is 3.33. The van der Waals surface area contributed by atoms with Crippen LogP contribution in [0.3, 0.4) is 0 Å². The number of anilines is 1. The van der Waals surface area contributed by atoms with E-state index in [1.54, 1.807) is 36.4 Å². The van der Waals surface area contributed by atoms with Gasteiger partial charge in [-0.05, 0) is 35.9 Å². The maximum atomic E-state index is 12.5. The molecule has 1 aromatic heterocycles. The molecular weight excluding hydrogens is 309 g/mol. The first-order valence-electron chi connectivity index (χ1n) is 6.23. The number of aromatic nitrogens is 2. The Labute approximate surface area is 130 Å². The van der Waals surface area contributed by atoms with Crippen molar-refractivity contribution < 1.29 is 0 Å². The summed E-state index contributed by atoms with van der Waals surface area (Å²) in [6.45, 7) is 0.326. The predicted molar refractivity (Wildman–Crippen MR) is 86.0 cm³/mol. The van der Waals surface area contributed by atoms with Crippen molar-refractivity contribution >= 4 is 39.8 Å². The highest BCUT2D eigenvalue weighted by Crippen LogP contribution is 2.21. The molecule has 0 amide bonds. The smallest absolute Gasteiger partial charge is 0.261 e. The van der Waals surface area contributed by atoms with Crippen molar-refractivity contribution in [1.82, 2.24) is 9.55 Å². The summed E-state index contributed by atoms with van der Waals surface area (Å²) < 4.78 is 1.50. The zero-order valence-corrected chi connectivity index (χ0v) is 12.4. The molecule has 3 aromatic rings. The van der Waals surface area contributed by atoms with Crippen molar-refractivity contribution in [2.24, 2.45) is 0 Å². The van der Waals surface area contributed by atoms with E-state index in [2.05, 4.69) is 4.98 Å². The van der Waals surface area contributed by atoms with Gasteiger partial charge in [-0.25, -0.2) is 4.98 Å². The fourth-order valence-corrected chi connectivity index (χ4v) is 2.59. The van der Waals surface area contributed by atoms with Gasteiger partial charge in [0.15, 0.2) is 0 Å². The number of halogens is 2. The highest BCUT2D eigenvalue weighted by atomic mass is 35.5. The number of hydrogen-bond acceptors (Lipinski definition) is 3.